The van der Waals surface area contributed by atoms with E-state index in [0.29, 0.717) is 6.07 Å². The Morgan fingerprint density at radius 3 is 1.81 bits per heavy atom. The molecule has 4 rings (SSSR count). The van der Waals surface area contributed by atoms with E-state index in [1.54, 1.807) is 0 Å². The maximum Gasteiger partial charge on any atom is 0.397 e. The lowest BCUT2D eigenvalue weighted by Crippen LogP contribution is -2.16. The van der Waals surface area contributed by atoms with Crippen molar-refractivity contribution in [3.05, 3.63) is 54.6 Å². The zero-order chi connectivity index (χ0) is 39.7. The van der Waals surface area contributed by atoms with E-state index >= 15 is 0 Å². The normalized spacial score (nSPS) is 13.2. The van der Waals surface area contributed by atoms with Gasteiger partial charge in [0.05, 0.1) is 34.9 Å². The molecule has 0 aromatic heterocycles. The second-order valence-electron chi connectivity index (χ2n) is 10.2. The van der Waals surface area contributed by atoms with E-state index in [-0.39, 0.29) is 33.6 Å². The first-order valence-electron chi connectivity index (χ1n) is 13.8. The van der Waals surface area contributed by atoms with Gasteiger partial charge in [0, 0.05) is 17.8 Å². The van der Waals surface area contributed by atoms with Gasteiger partial charge in [-0.15, -0.1) is 20.5 Å². The van der Waals surface area contributed by atoms with E-state index in [1.807, 2.05) is 0 Å². The molecule has 4 aromatic carbocycles. The minimum atomic E-state index is -5.26. The highest BCUT2D eigenvalue weighted by Gasteiger charge is 2.26. The summed E-state index contributed by atoms with van der Waals surface area (Å²) in [5, 5.41) is 28.6. The molecule has 0 aliphatic carbocycles. The molecule has 0 saturated heterocycles. The van der Waals surface area contributed by atoms with Crippen molar-refractivity contribution in [3.8, 4) is 11.5 Å². The number of fused-ring (bicyclic) bond motifs is 1. The van der Waals surface area contributed by atoms with Crippen LogP contribution in [0.1, 0.15) is 0 Å². The maximum atomic E-state index is 12.7. The smallest absolute Gasteiger partial charge is 0.397 e. The highest BCUT2D eigenvalue weighted by atomic mass is 32.3. The molecule has 0 amide bonds. The summed E-state index contributed by atoms with van der Waals surface area (Å²) in [6.07, 6.45) is 0. The fourth-order valence-corrected chi connectivity index (χ4v) is 7.85. The van der Waals surface area contributed by atoms with Gasteiger partial charge in [0.2, 0.25) is 0 Å². The van der Waals surface area contributed by atoms with Gasteiger partial charge in [-0.2, -0.15) is 33.7 Å². The van der Waals surface area contributed by atoms with Crippen molar-refractivity contribution in [1.82, 2.24) is 0 Å². The van der Waals surface area contributed by atoms with Crippen LogP contribution in [0.2, 0.25) is 0 Å². The van der Waals surface area contributed by atoms with Gasteiger partial charge in [-0.3, -0.25) is 18.2 Å². The van der Waals surface area contributed by atoms with Crippen LogP contribution in [0, 0.1) is 0 Å². The average molecular weight is 840 g/mol. The molecule has 0 saturated carbocycles. The highest BCUT2D eigenvalue weighted by Crippen LogP contribution is 2.47. The van der Waals surface area contributed by atoms with Crippen molar-refractivity contribution in [2.75, 3.05) is 31.8 Å². The zero-order valence-electron chi connectivity index (χ0n) is 26.6. The van der Waals surface area contributed by atoms with Crippen molar-refractivity contribution < 1.29 is 74.3 Å². The van der Waals surface area contributed by atoms with Crippen LogP contribution in [0.5, 0.6) is 11.5 Å². The summed E-state index contributed by atoms with van der Waals surface area (Å²) in [6, 6.07) is 8.34. The number of anilines is 1. The summed E-state index contributed by atoms with van der Waals surface area (Å²) in [4.78, 5) is -3.54. The first-order valence-corrected chi connectivity index (χ1v) is 21.1. The van der Waals surface area contributed by atoms with Crippen LogP contribution in [0.15, 0.2) is 94.6 Å². The minimum absolute atomic E-state index is 0.0644. The molecule has 0 fully saturated rings. The van der Waals surface area contributed by atoms with Crippen molar-refractivity contribution in [1.29, 1.82) is 0 Å². The Morgan fingerprint density at radius 2 is 1.25 bits per heavy atom. The summed E-state index contributed by atoms with van der Waals surface area (Å²) in [5.41, 5.74) is -2.12. The number of aromatic hydroxyl groups is 1. The van der Waals surface area contributed by atoms with Crippen LogP contribution >= 0.6 is 0 Å². The summed E-state index contributed by atoms with van der Waals surface area (Å²) >= 11 is 0. The number of phenolic OH excluding ortho intramolecular Hbond substituents is 1. The molecule has 0 radical (unpaired) electrons. The number of nitrogens with zero attached hydrogens (tertiary/aromatic N) is 4. The average Bonchev–Trinajstić information content (AvgIpc) is 3.04. The Labute approximate surface area is 301 Å². The Bertz CT molecular complexity index is 2750. The molecule has 0 aliphatic rings. The number of nitrogens with one attached hydrogen (secondary N) is 1. The van der Waals surface area contributed by atoms with Gasteiger partial charge in [-0.1, -0.05) is 0 Å². The first-order chi connectivity index (χ1) is 24.4. The molecule has 6 N–H and O–H groups in total. The third kappa shape index (κ3) is 9.64. The Kier molecular flexibility index (Phi) is 11.6. The molecular formula is C26H25N5O17S5. The monoisotopic (exact) mass is 839 g/mol. The lowest BCUT2D eigenvalue weighted by atomic mass is 10.1. The molecule has 4 aromatic rings. The van der Waals surface area contributed by atoms with Gasteiger partial charge >= 0.3 is 10.4 Å². The van der Waals surface area contributed by atoms with Crippen LogP contribution in [0.25, 0.3) is 10.8 Å². The number of sulfone groups is 1. The standard InChI is InChI=1S/C26H25N5O17S5/c1-27-19-7-5-16-17(13-23(52(41,42)43)25(26(16)32)31-29-20-11-15(50(35,36)37)4-8-21(20)47-2)24(19)30-28-18-6-3-14(12-22(18)51(38,39)40)49(33,34)10-9-48-53(44,45)46/h3-8,11-13,27,32H,9-10H2,1-2H3,(H,35,36,37)(H,38,39,40)(H,41,42,43)(H,44,45,46). The molecule has 27 heteroatoms. The molecule has 0 bridgehead atoms. The highest BCUT2D eigenvalue weighted by molar-refractivity contribution is 7.91. The van der Waals surface area contributed by atoms with Gasteiger partial charge in [-0.05, 0) is 54.6 Å². The van der Waals surface area contributed by atoms with E-state index in [2.05, 4.69) is 30.0 Å². The molecular weight excluding hydrogens is 815 g/mol. The van der Waals surface area contributed by atoms with Gasteiger partial charge in [0.15, 0.2) is 15.6 Å². The number of ether oxygens (including phenoxy) is 1. The van der Waals surface area contributed by atoms with E-state index < -0.39 is 99.7 Å². The van der Waals surface area contributed by atoms with Gasteiger partial charge in [0.25, 0.3) is 30.4 Å². The molecule has 0 spiro atoms. The molecule has 0 unspecified atom stereocenters. The third-order valence-corrected chi connectivity index (χ3v) is 11.6. The SMILES string of the molecule is CNc1ccc2c(O)c(N=Nc3cc(S(=O)(=O)O)ccc3OC)c(S(=O)(=O)O)cc2c1N=Nc1ccc(S(=O)(=O)CCOS(=O)(=O)O)cc1S(=O)(=O)O. The van der Waals surface area contributed by atoms with Crippen molar-refractivity contribution in [2.45, 2.75) is 19.6 Å². The first kappa shape index (κ1) is 41.1. The Morgan fingerprint density at radius 1 is 0.642 bits per heavy atom. The summed E-state index contributed by atoms with van der Waals surface area (Å²) in [7, 11) is -22.2. The Balaban J connectivity index is 1.90. The molecule has 22 nitrogen and oxygen atoms in total. The molecule has 0 heterocycles. The molecule has 286 valence electrons. The second kappa shape index (κ2) is 15.0. The molecule has 0 aliphatic heterocycles. The zero-order valence-corrected chi connectivity index (χ0v) is 30.7. The second-order valence-corrected chi connectivity index (χ2v) is 17.6. The predicted molar refractivity (Wildman–Crippen MR) is 182 cm³/mol. The summed E-state index contributed by atoms with van der Waals surface area (Å²) in [5.74, 6) is -2.07. The van der Waals surface area contributed by atoms with E-state index in [0.717, 1.165) is 36.4 Å². The number of phenols is 1. The fourth-order valence-electron chi connectivity index (χ4n) is 4.47. The number of methoxy groups -OCH3 is 1. The van der Waals surface area contributed by atoms with Crippen LogP contribution in [0.3, 0.4) is 0 Å². The van der Waals surface area contributed by atoms with Crippen LogP contribution < -0.4 is 10.1 Å². The summed E-state index contributed by atoms with van der Waals surface area (Å²) < 4.78 is 167. The molecule has 53 heavy (non-hydrogen) atoms. The van der Waals surface area contributed by atoms with E-state index in [9.17, 15) is 60.9 Å². The van der Waals surface area contributed by atoms with Crippen LogP contribution in [-0.4, -0.2) is 91.9 Å². The number of hydrogen-bond donors (Lipinski definition) is 6. The Hall–Kier alpha value is -4.71. The van der Waals surface area contributed by atoms with E-state index in [1.165, 1.54) is 26.3 Å². The third-order valence-electron chi connectivity index (χ3n) is 6.87. The maximum absolute atomic E-state index is 12.7. The van der Waals surface area contributed by atoms with Crippen LogP contribution in [0.4, 0.5) is 28.4 Å². The van der Waals surface area contributed by atoms with Gasteiger partial charge in [-0.25, -0.2) is 12.6 Å². The number of benzene rings is 4. The van der Waals surface area contributed by atoms with E-state index in [4.69, 9.17) is 9.29 Å². The minimum Gasteiger partial charge on any atom is -0.505 e. The number of azo groups is 2. The fraction of sp³-hybridized carbons (Fsp3) is 0.154. The quantitative estimate of drug-likeness (QED) is 0.0777. The van der Waals surface area contributed by atoms with Crippen molar-refractivity contribution >= 4 is 89.8 Å². The van der Waals surface area contributed by atoms with Crippen molar-refractivity contribution in [3.63, 3.8) is 0 Å². The summed E-state index contributed by atoms with van der Waals surface area (Å²) in [6.45, 7) is -1.05. The van der Waals surface area contributed by atoms with Gasteiger partial charge < -0.3 is 15.2 Å². The molecule has 0 atom stereocenters. The number of hydrogen-bond acceptors (Lipinski definition) is 18. The van der Waals surface area contributed by atoms with Gasteiger partial charge in [0.1, 0.15) is 38.3 Å². The largest absolute Gasteiger partial charge is 0.505 e. The lowest BCUT2D eigenvalue weighted by molar-refractivity contribution is 0.284. The predicted octanol–water partition coefficient (Wildman–Crippen LogP) is 3.76. The lowest BCUT2D eigenvalue weighted by Gasteiger charge is -2.13. The number of rotatable bonds is 14. The topological polar surface area (TPSA) is 352 Å². The van der Waals surface area contributed by atoms with Crippen molar-refractivity contribution in [2.24, 2.45) is 20.5 Å². The van der Waals surface area contributed by atoms with Crippen LogP contribution in [-0.2, 0) is 54.8 Å².